The molecule has 1 saturated heterocycles. The van der Waals surface area contributed by atoms with E-state index in [4.69, 9.17) is 10.5 Å². The van der Waals surface area contributed by atoms with E-state index in [9.17, 15) is 0 Å². The summed E-state index contributed by atoms with van der Waals surface area (Å²) in [4.78, 5) is 6.89. The van der Waals surface area contributed by atoms with Gasteiger partial charge in [0, 0.05) is 32.3 Å². The second-order valence-corrected chi connectivity index (χ2v) is 5.91. The zero-order valence-corrected chi connectivity index (χ0v) is 12.6. The van der Waals surface area contributed by atoms with Gasteiger partial charge in [-0.15, -0.1) is 0 Å². The van der Waals surface area contributed by atoms with Crippen LogP contribution in [0.2, 0.25) is 0 Å². The molecular weight excluding hydrogens is 252 g/mol. The lowest BCUT2D eigenvalue weighted by atomic mass is 10.1. The lowest BCUT2D eigenvalue weighted by Crippen LogP contribution is -2.40. The van der Waals surface area contributed by atoms with Gasteiger partial charge in [-0.1, -0.05) is 25.7 Å². The number of nitrogens with two attached hydrogens (primary N) is 1. The fourth-order valence-electron chi connectivity index (χ4n) is 3.01. The summed E-state index contributed by atoms with van der Waals surface area (Å²) in [6.45, 7) is 5.64. The third-order valence-electron chi connectivity index (χ3n) is 4.22. The minimum absolute atomic E-state index is 0.535. The van der Waals surface area contributed by atoms with Crippen molar-refractivity contribution >= 4 is 5.96 Å². The molecule has 0 aromatic carbocycles. The van der Waals surface area contributed by atoms with Gasteiger partial charge in [0.15, 0.2) is 5.96 Å². The molecule has 0 atom stereocenters. The van der Waals surface area contributed by atoms with Crippen molar-refractivity contribution in [2.45, 2.75) is 51.0 Å². The molecule has 1 saturated carbocycles. The van der Waals surface area contributed by atoms with Crippen LogP contribution in [0.5, 0.6) is 0 Å². The fourth-order valence-corrected chi connectivity index (χ4v) is 3.01. The number of rotatable bonds is 4. The molecule has 0 aromatic heterocycles. The number of guanidine groups is 1. The highest BCUT2D eigenvalue weighted by Crippen LogP contribution is 2.16. The van der Waals surface area contributed by atoms with Crippen molar-refractivity contribution in [2.24, 2.45) is 10.7 Å². The van der Waals surface area contributed by atoms with E-state index in [1.54, 1.807) is 0 Å². The molecule has 1 aliphatic heterocycles. The first kappa shape index (κ1) is 15.6. The van der Waals surface area contributed by atoms with E-state index >= 15 is 0 Å². The molecule has 116 valence electrons. The average molecular weight is 282 g/mol. The summed E-state index contributed by atoms with van der Waals surface area (Å²) in [6.07, 6.45) is 8.97. The third-order valence-corrected chi connectivity index (χ3v) is 4.22. The topological polar surface area (TPSA) is 62.9 Å². The summed E-state index contributed by atoms with van der Waals surface area (Å²) < 4.78 is 5.45. The Morgan fingerprint density at radius 1 is 1.10 bits per heavy atom. The standard InChI is InChI=1S/C15H30N4O/c16-15(18-14-6-3-1-2-4-7-14)17-8-10-19-9-5-12-20-13-11-19/h14H,1-13H2,(H3,16,17,18). The quantitative estimate of drug-likeness (QED) is 0.464. The Kier molecular flexibility index (Phi) is 7.15. The highest BCUT2D eigenvalue weighted by atomic mass is 16.5. The molecule has 0 aromatic rings. The van der Waals surface area contributed by atoms with E-state index in [-0.39, 0.29) is 0 Å². The van der Waals surface area contributed by atoms with E-state index in [0.717, 1.165) is 45.8 Å². The van der Waals surface area contributed by atoms with Crippen LogP contribution in [0.3, 0.4) is 0 Å². The molecule has 5 heteroatoms. The van der Waals surface area contributed by atoms with Gasteiger partial charge in [-0.05, 0) is 19.3 Å². The Bertz CT molecular complexity index is 280. The summed E-state index contributed by atoms with van der Waals surface area (Å²) in [5, 5.41) is 3.39. The van der Waals surface area contributed by atoms with Crippen LogP contribution in [0.1, 0.15) is 44.9 Å². The second-order valence-electron chi connectivity index (χ2n) is 5.91. The van der Waals surface area contributed by atoms with Gasteiger partial charge >= 0.3 is 0 Å². The third kappa shape index (κ3) is 6.09. The Morgan fingerprint density at radius 3 is 2.70 bits per heavy atom. The largest absolute Gasteiger partial charge is 0.380 e. The number of hydrogen-bond donors (Lipinski definition) is 2. The van der Waals surface area contributed by atoms with Gasteiger partial charge in [-0.3, -0.25) is 9.89 Å². The maximum absolute atomic E-state index is 6.00. The normalized spacial score (nSPS) is 24.1. The van der Waals surface area contributed by atoms with Gasteiger partial charge < -0.3 is 15.8 Å². The van der Waals surface area contributed by atoms with Crippen LogP contribution in [0, 0.1) is 0 Å². The monoisotopic (exact) mass is 282 g/mol. The first-order valence-corrected chi connectivity index (χ1v) is 8.21. The summed E-state index contributed by atoms with van der Waals surface area (Å²) in [6, 6.07) is 0.535. The molecule has 0 radical (unpaired) electrons. The molecule has 0 bridgehead atoms. The SMILES string of the molecule is NC(=NCCN1CCCOCC1)NC1CCCCCC1. The van der Waals surface area contributed by atoms with Crippen LogP contribution in [0.15, 0.2) is 4.99 Å². The number of nitrogens with one attached hydrogen (secondary N) is 1. The minimum Gasteiger partial charge on any atom is -0.380 e. The average Bonchev–Trinajstić information content (AvgIpc) is 2.83. The first-order chi connectivity index (χ1) is 9.84. The van der Waals surface area contributed by atoms with Crippen molar-refractivity contribution < 1.29 is 4.74 Å². The predicted octanol–water partition coefficient (Wildman–Crippen LogP) is 1.34. The van der Waals surface area contributed by atoms with Crippen LogP contribution in [-0.4, -0.2) is 56.3 Å². The van der Waals surface area contributed by atoms with E-state index in [1.807, 2.05) is 0 Å². The minimum atomic E-state index is 0.535. The van der Waals surface area contributed by atoms with Gasteiger partial charge in [-0.2, -0.15) is 0 Å². The van der Waals surface area contributed by atoms with Crippen molar-refractivity contribution in [1.29, 1.82) is 0 Å². The van der Waals surface area contributed by atoms with Crippen molar-refractivity contribution in [1.82, 2.24) is 10.2 Å². The highest BCUT2D eigenvalue weighted by Gasteiger charge is 2.12. The number of hydrogen-bond acceptors (Lipinski definition) is 3. The molecule has 2 aliphatic rings. The maximum atomic E-state index is 6.00. The smallest absolute Gasteiger partial charge is 0.188 e. The number of nitrogens with zero attached hydrogens (tertiary/aromatic N) is 2. The lowest BCUT2D eigenvalue weighted by Gasteiger charge is -2.19. The van der Waals surface area contributed by atoms with E-state index < -0.39 is 0 Å². The van der Waals surface area contributed by atoms with Crippen LogP contribution in [0.25, 0.3) is 0 Å². The van der Waals surface area contributed by atoms with Gasteiger partial charge in [-0.25, -0.2) is 0 Å². The van der Waals surface area contributed by atoms with Crippen molar-refractivity contribution in [2.75, 3.05) is 39.4 Å². The number of ether oxygens (including phenoxy) is 1. The number of aliphatic imine (C=N–C) groups is 1. The van der Waals surface area contributed by atoms with Crippen LogP contribution in [0.4, 0.5) is 0 Å². The highest BCUT2D eigenvalue weighted by molar-refractivity contribution is 5.78. The molecular formula is C15H30N4O. The van der Waals surface area contributed by atoms with Gasteiger partial charge in [0.05, 0.1) is 13.2 Å². The van der Waals surface area contributed by atoms with E-state index in [1.165, 1.54) is 38.5 Å². The molecule has 0 unspecified atom stereocenters. The first-order valence-electron chi connectivity index (χ1n) is 8.21. The van der Waals surface area contributed by atoms with Gasteiger partial charge in [0.1, 0.15) is 0 Å². The zero-order valence-electron chi connectivity index (χ0n) is 12.6. The maximum Gasteiger partial charge on any atom is 0.188 e. The van der Waals surface area contributed by atoms with Crippen LogP contribution >= 0.6 is 0 Å². The molecule has 1 aliphatic carbocycles. The summed E-state index contributed by atoms with van der Waals surface area (Å²) in [5.74, 6) is 0.628. The van der Waals surface area contributed by atoms with Gasteiger partial charge in [0.25, 0.3) is 0 Å². The lowest BCUT2D eigenvalue weighted by molar-refractivity contribution is 0.142. The summed E-state index contributed by atoms with van der Waals surface area (Å²) in [7, 11) is 0. The Labute approximate surface area is 122 Å². The van der Waals surface area contributed by atoms with Crippen molar-refractivity contribution in [3.63, 3.8) is 0 Å². The Morgan fingerprint density at radius 2 is 1.90 bits per heavy atom. The summed E-state index contributed by atoms with van der Waals surface area (Å²) >= 11 is 0. The van der Waals surface area contributed by atoms with E-state index in [2.05, 4.69) is 15.2 Å². The Balaban J connectivity index is 1.64. The second kappa shape index (κ2) is 9.19. The molecule has 3 N–H and O–H groups in total. The predicted molar refractivity (Wildman–Crippen MR) is 83.0 cm³/mol. The molecule has 0 spiro atoms. The summed E-state index contributed by atoms with van der Waals surface area (Å²) in [5.41, 5.74) is 6.00. The fraction of sp³-hybridized carbons (Fsp3) is 0.933. The molecule has 2 fully saturated rings. The molecule has 1 heterocycles. The molecule has 20 heavy (non-hydrogen) atoms. The zero-order chi connectivity index (χ0) is 14.0. The van der Waals surface area contributed by atoms with Crippen LogP contribution in [-0.2, 0) is 4.74 Å². The molecule has 0 amide bonds. The van der Waals surface area contributed by atoms with Crippen LogP contribution < -0.4 is 11.1 Å². The van der Waals surface area contributed by atoms with E-state index in [0.29, 0.717) is 12.0 Å². The molecule has 2 rings (SSSR count). The van der Waals surface area contributed by atoms with Crippen molar-refractivity contribution in [3.8, 4) is 0 Å². The van der Waals surface area contributed by atoms with Gasteiger partial charge in [0.2, 0.25) is 0 Å². The van der Waals surface area contributed by atoms with Crippen molar-refractivity contribution in [3.05, 3.63) is 0 Å². The Hall–Kier alpha value is -0.810. The molecule has 5 nitrogen and oxygen atoms in total.